The third-order valence-corrected chi connectivity index (χ3v) is 6.00. The van der Waals surface area contributed by atoms with E-state index in [1.54, 1.807) is 18.5 Å². The number of hydrogen-bond donors (Lipinski definition) is 1. The first-order valence-corrected chi connectivity index (χ1v) is 11.0. The highest BCUT2D eigenvalue weighted by molar-refractivity contribution is 7.99. The van der Waals surface area contributed by atoms with Gasteiger partial charge in [-0.1, -0.05) is 59.8 Å². The van der Waals surface area contributed by atoms with Crippen LogP contribution in [0.4, 0.5) is 5.69 Å². The van der Waals surface area contributed by atoms with E-state index < -0.39 is 0 Å². The van der Waals surface area contributed by atoms with Crippen LogP contribution in [0, 0.1) is 6.92 Å². The van der Waals surface area contributed by atoms with Crippen molar-refractivity contribution in [2.45, 2.75) is 18.6 Å². The second kappa shape index (κ2) is 9.76. The summed E-state index contributed by atoms with van der Waals surface area (Å²) in [6.45, 7) is 2.52. The standard InChI is InChI=1S/C23H20ClN5OS/c1-16-7-8-19(13-20(16)24)26-21(30)15-31-23-28-27-22(18-9-11-25-12-10-18)29(23)14-17-5-3-2-4-6-17/h2-13H,14-15H2,1H3,(H,26,30). The van der Waals surface area contributed by atoms with Crippen LogP contribution in [0.25, 0.3) is 11.4 Å². The molecule has 2 aromatic heterocycles. The number of aromatic nitrogens is 4. The van der Waals surface area contributed by atoms with Crippen LogP contribution in [-0.4, -0.2) is 31.4 Å². The Hall–Kier alpha value is -3.16. The molecule has 1 N–H and O–H groups in total. The van der Waals surface area contributed by atoms with Crippen LogP contribution >= 0.6 is 23.4 Å². The number of halogens is 1. The summed E-state index contributed by atoms with van der Waals surface area (Å²) in [5.41, 5.74) is 3.68. The summed E-state index contributed by atoms with van der Waals surface area (Å²) in [6.07, 6.45) is 3.45. The molecule has 0 aliphatic rings. The molecule has 0 radical (unpaired) electrons. The van der Waals surface area contributed by atoms with E-state index in [1.807, 2.05) is 54.0 Å². The smallest absolute Gasteiger partial charge is 0.234 e. The number of amides is 1. The van der Waals surface area contributed by atoms with E-state index in [0.717, 1.165) is 22.5 Å². The lowest BCUT2D eigenvalue weighted by molar-refractivity contribution is -0.113. The zero-order chi connectivity index (χ0) is 21.6. The van der Waals surface area contributed by atoms with Gasteiger partial charge in [0.25, 0.3) is 0 Å². The van der Waals surface area contributed by atoms with Crippen LogP contribution in [0.1, 0.15) is 11.1 Å². The average Bonchev–Trinajstić information content (AvgIpc) is 3.18. The summed E-state index contributed by atoms with van der Waals surface area (Å²) in [4.78, 5) is 16.6. The zero-order valence-corrected chi connectivity index (χ0v) is 18.4. The van der Waals surface area contributed by atoms with Gasteiger partial charge in [-0.25, -0.2) is 0 Å². The molecule has 2 heterocycles. The van der Waals surface area contributed by atoms with Gasteiger partial charge in [0.05, 0.1) is 12.3 Å². The van der Waals surface area contributed by atoms with Crippen molar-refractivity contribution in [2.75, 3.05) is 11.1 Å². The molecule has 156 valence electrons. The van der Waals surface area contributed by atoms with E-state index in [9.17, 15) is 4.79 Å². The maximum atomic E-state index is 12.5. The number of anilines is 1. The van der Waals surface area contributed by atoms with Crippen LogP contribution in [0.2, 0.25) is 5.02 Å². The summed E-state index contributed by atoms with van der Waals surface area (Å²) < 4.78 is 2.02. The lowest BCUT2D eigenvalue weighted by atomic mass is 10.2. The fourth-order valence-electron chi connectivity index (χ4n) is 3.02. The molecule has 0 atom stereocenters. The summed E-state index contributed by atoms with van der Waals surface area (Å²) in [5, 5.41) is 12.9. The van der Waals surface area contributed by atoms with Gasteiger partial charge in [-0.2, -0.15) is 0 Å². The monoisotopic (exact) mass is 449 g/mol. The van der Waals surface area contributed by atoms with Crippen molar-refractivity contribution in [1.82, 2.24) is 19.7 Å². The Kier molecular flexibility index (Phi) is 6.64. The van der Waals surface area contributed by atoms with E-state index in [2.05, 4.69) is 32.6 Å². The Labute approximate surface area is 189 Å². The molecular weight excluding hydrogens is 430 g/mol. The Bertz CT molecular complexity index is 1180. The molecule has 0 spiro atoms. The predicted molar refractivity (Wildman–Crippen MR) is 124 cm³/mol. The van der Waals surface area contributed by atoms with Crippen molar-refractivity contribution in [3.8, 4) is 11.4 Å². The Balaban J connectivity index is 1.52. The number of carbonyl (C=O) groups excluding carboxylic acids is 1. The zero-order valence-electron chi connectivity index (χ0n) is 16.8. The van der Waals surface area contributed by atoms with Crippen molar-refractivity contribution in [3.63, 3.8) is 0 Å². The van der Waals surface area contributed by atoms with Gasteiger partial charge in [0.1, 0.15) is 0 Å². The average molecular weight is 450 g/mol. The molecule has 2 aromatic carbocycles. The molecule has 0 fully saturated rings. The summed E-state index contributed by atoms with van der Waals surface area (Å²) >= 11 is 7.49. The summed E-state index contributed by atoms with van der Waals surface area (Å²) in [6, 6.07) is 19.3. The quantitative estimate of drug-likeness (QED) is 0.398. The molecule has 31 heavy (non-hydrogen) atoms. The molecule has 0 aliphatic carbocycles. The number of aryl methyl sites for hydroxylation is 1. The molecule has 8 heteroatoms. The van der Waals surface area contributed by atoms with Gasteiger partial charge in [0.2, 0.25) is 5.91 Å². The summed E-state index contributed by atoms with van der Waals surface area (Å²) in [5.74, 6) is 0.804. The van der Waals surface area contributed by atoms with Crippen LogP contribution in [-0.2, 0) is 11.3 Å². The lowest BCUT2D eigenvalue weighted by Gasteiger charge is -2.11. The van der Waals surface area contributed by atoms with Crippen molar-refractivity contribution < 1.29 is 4.79 Å². The van der Waals surface area contributed by atoms with E-state index in [4.69, 9.17) is 11.6 Å². The molecular formula is C23H20ClN5OS. The summed E-state index contributed by atoms with van der Waals surface area (Å²) in [7, 11) is 0. The first kappa shape index (κ1) is 21.1. The minimum Gasteiger partial charge on any atom is -0.325 e. The fourth-order valence-corrected chi connectivity index (χ4v) is 3.93. The SMILES string of the molecule is Cc1ccc(NC(=O)CSc2nnc(-c3ccncc3)n2Cc2ccccc2)cc1Cl. The number of carbonyl (C=O) groups is 1. The van der Waals surface area contributed by atoms with Gasteiger partial charge in [-0.05, 0) is 42.3 Å². The van der Waals surface area contributed by atoms with Crippen molar-refractivity contribution in [2.24, 2.45) is 0 Å². The molecule has 0 saturated carbocycles. The molecule has 0 unspecified atom stereocenters. The molecule has 0 saturated heterocycles. The lowest BCUT2D eigenvalue weighted by Crippen LogP contribution is -2.15. The highest BCUT2D eigenvalue weighted by Gasteiger charge is 2.16. The van der Waals surface area contributed by atoms with Gasteiger partial charge in [0, 0.05) is 28.7 Å². The molecule has 6 nitrogen and oxygen atoms in total. The third kappa shape index (κ3) is 5.31. The number of benzene rings is 2. The highest BCUT2D eigenvalue weighted by atomic mass is 35.5. The first-order valence-electron chi connectivity index (χ1n) is 9.66. The third-order valence-electron chi connectivity index (χ3n) is 4.63. The highest BCUT2D eigenvalue weighted by Crippen LogP contribution is 2.25. The Morgan fingerprint density at radius 3 is 2.58 bits per heavy atom. The minimum absolute atomic E-state index is 0.135. The molecule has 0 aliphatic heterocycles. The molecule has 1 amide bonds. The minimum atomic E-state index is -0.135. The molecule has 4 aromatic rings. The van der Waals surface area contributed by atoms with E-state index in [1.165, 1.54) is 11.8 Å². The Morgan fingerprint density at radius 1 is 1.06 bits per heavy atom. The number of pyridine rings is 1. The number of nitrogens with zero attached hydrogens (tertiary/aromatic N) is 4. The molecule has 0 bridgehead atoms. The number of rotatable bonds is 7. The predicted octanol–water partition coefficient (Wildman–Crippen LogP) is 5.08. The van der Waals surface area contributed by atoms with Crippen LogP contribution < -0.4 is 5.32 Å². The van der Waals surface area contributed by atoms with Gasteiger partial charge in [0.15, 0.2) is 11.0 Å². The first-order chi connectivity index (χ1) is 15.1. The van der Waals surface area contributed by atoms with E-state index >= 15 is 0 Å². The van der Waals surface area contributed by atoms with Crippen LogP contribution in [0.15, 0.2) is 78.2 Å². The van der Waals surface area contributed by atoms with Crippen molar-refractivity contribution in [3.05, 3.63) is 89.2 Å². The largest absolute Gasteiger partial charge is 0.325 e. The maximum Gasteiger partial charge on any atom is 0.234 e. The molecule has 4 rings (SSSR count). The van der Waals surface area contributed by atoms with Crippen molar-refractivity contribution >= 4 is 35.0 Å². The van der Waals surface area contributed by atoms with Gasteiger partial charge >= 0.3 is 0 Å². The van der Waals surface area contributed by atoms with E-state index in [0.29, 0.717) is 22.4 Å². The van der Waals surface area contributed by atoms with Gasteiger partial charge < -0.3 is 5.32 Å². The maximum absolute atomic E-state index is 12.5. The van der Waals surface area contributed by atoms with Gasteiger partial charge in [-0.3, -0.25) is 14.3 Å². The van der Waals surface area contributed by atoms with Crippen LogP contribution in [0.5, 0.6) is 0 Å². The van der Waals surface area contributed by atoms with Crippen molar-refractivity contribution in [1.29, 1.82) is 0 Å². The second-order valence-corrected chi connectivity index (χ2v) is 8.26. The van der Waals surface area contributed by atoms with Gasteiger partial charge in [-0.15, -0.1) is 10.2 Å². The topological polar surface area (TPSA) is 72.7 Å². The normalized spacial score (nSPS) is 10.8. The number of nitrogens with one attached hydrogen (secondary N) is 1. The Morgan fingerprint density at radius 2 is 1.84 bits per heavy atom. The second-order valence-electron chi connectivity index (χ2n) is 6.91. The van der Waals surface area contributed by atoms with Crippen LogP contribution in [0.3, 0.4) is 0 Å². The number of thioether (sulfide) groups is 1. The fraction of sp³-hybridized carbons (Fsp3) is 0.130. The number of hydrogen-bond acceptors (Lipinski definition) is 5. The van der Waals surface area contributed by atoms with E-state index in [-0.39, 0.29) is 11.7 Å².